The van der Waals surface area contributed by atoms with Gasteiger partial charge in [-0.3, -0.25) is 9.59 Å². The third-order valence-electron chi connectivity index (χ3n) is 8.49. The second kappa shape index (κ2) is 37.9. The fourth-order valence-corrected chi connectivity index (χ4v) is 5.29. The largest absolute Gasteiger partial charge is 0.477 e. The Morgan fingerprint density at radius 3 is 1.62 bits per heavy atom. The van der Waals surface area contributed by atoms with Crippen molar-refractivity contribution in [1.82, 2.24) is 0 Å². The number of likely N-dealkylation sites (N-methyl/N-ethyl adjacent to an activating group) is 1. The number of unbranched alkanes of at least 4 members (excludes halogenated alkanes) is 5. The van der Waals surface area contributed by atoms with E-state index in [0.717, 1.165) is 83.5 Å². The molecule has 8 nitrogen and oxygen atoms in total. The molecule has 1 N–H and O–H groups in total. The monoisotopic (exact) mass is 779 g/mol. The maximum absolute atomic E-state index is 12.7. The number of carboxylic acid groups (broad SMARTS) is 1. The lowest BCUT2D eigenvalue weighted by molar-refractivity contribution is -0.887. The highest BCUT2D eigenvalue weighted by molar-refractivity contribution is 5.72. The summed E-state index contributed by atoms with van der Waals surface area (Å²) < 4.78 is 17.1. The van der Waals surface area contributed by atoms with Crippen LogP contribution in [0.4, 0.5) is 0 Å². The number of carboxylic acids is 1. The van der Waals surface area contributed by atoms with E-state index in [4.69, 9.17) is 14.2 Å². The summed E-state index contributed by atoms with van der Waals surface area (Å²) in [6.07, 6.45) is 51.5. The molecule has 0 rings (SSSR count). The number of hydrogen-bond donors (Lipinski definition) is 1. The SMILES string of the molecule is CC/C=C/C=C/C=C/CCCCCCCC(=O)OCC(COCCC(C(=O)O)[N+](C)(C)C)OC(=O)CC/C=C/C/C=C/C/C=C/C/C=C/C/C=C/C/C=C/CC. The molecule has 0 saturated heterocycles. The molecule has 2 atom stereocenters. The Hall–Kier alpha value is -4.01. The summed E-state index contributed by atoms with van der Waals surface area (Å²) in [4.78, 5) is 36.9. The second-order valence-electron chi connectivity index (χ2n) is 14.5. The number of nitrogens with zero attached hydrogens (tertiary/aromatic N) is 1. The molecular formula is C48H76NO7+. The van der Waals surface area contributed by atoms with Gasteiger partial charge in [-0.05, 0) is 70.6 Å². The Morgan fingerprint density at radius 1 is 0.554 bits per heavy atom. The Morgan fingerprint density at radius 2 is 1.07 bits per heavy atom. The van der Waals surface area contributed by atoms with Crippen LogP contribution < -0.4 is 0 Å². The molecule has 2 unspecified atom stereocenters. The van der Waals surface area contributed by atoms with Crippen molar-refractivity contribution in [3.05, 3.63) is 109 Å². The van der Waals surface area contributed by atoms with Crippen LogP contribution in [0.1, 0.15) is 123 Å². The first-order valence-electron chi connectivity index (χ1n) is 21.0. The number of ether oxygens (including phenoxy) is 3. The minimum atomic E-state index is -0.896. The Labute approximate surface area is 340 Å². The van der Waals surface area contributed by atoms with Crippen LogP contribution in [-0.2, 0) is 28.6 Å². The third-order valence-corrected chi connectivity index (χ3v) is 8.49. The van der Waals surface area contributed by atoms with E-state index >= 15 is 0 Å². The average Bonchev–Trinajstić information content (AvgIpc) is 3.15. The highest BCUT2D eigenvalue weighted by atomic mass is 16.6. The molecule has 0 aliphatic rings. The molecule has 0 aromatic rings. The molecule has 0 aromatic heterocycles. The van der Waals surface area contributed by atoms with E-state index in [0.29, 0.717) is 19.3 Å². The molecule has 8 heteroatoms. The fourth-order valence-electron chi connectivity index (χ4n) is 5.29. The van der Waals surface area contributed by atoms with E-state index in [1.807, 2.05) is 45.4 Å². The fraction of sp³-hybridized carbons (Fsp3) is 0.562. The van der Waals surface area contributed by atoms with Crippen molar-refractivity contribution in [2.75, 3.05) is 41.0 Å². The molecule has 0 saturated carbocycles. The van der Waals surface area contributed by atoms with Gasteiger partial charge in [-0.1, -0.05) is 142 Å². The summed E-state index contributed by atoms with van der Waals surface area (Å²) in [6, 6.07) is -0.637. The normalized spacial score (nSPS) is 14.1. The minimum absolute atomic E-state index is 0.0160. The van der Waals surface area contributed by atoms with Gasteiger partial charge < -0.3 is 23.8 Å². The number of esters is 2. The number of carbonyl (C=O) groups is 3. The number of aliphatic carboxylic acids is 1. The Kier molecular flexibility index (Phi) is 35.2. The van der Waals surface area contributed by atoms with Crippen molar-refractivity contribution in [2.45, 2.75) is 135 Å². The summed E-state index contributed by atoms with van der Waals surface area (Å²) in [5.41, 5.74) is 0. The van der Waals surface area contributed by atoms with Gasteiger partial charge in [-0.15, -0.1) is 0 Å². The lowest BCUT2D eigenvalue weighted by Gasteiger charge is -2.31. The molecule has 0 aromatic carbocycles. The van der Waals surface area contributed by atoms with E-state index in [2.05, 4.69) is 98.9 Å². The lowest BCUT2D eigenvalue weighted by Crippen LogP contribution is -2.50. The third kappa shape index (κ3) is 35.7. The maximum atomic E-state index is 12.7. The highest BCUT2D eigenvalue weighted by Crippen LogP contribution is 2.11. The first kappa shape index (κ1) is 52.0. The van der Waals surface area contributed by atoms with Crippen LogP contribution in [-0.4, -0.2) is 80.6 Å². The molecule has 56 heavy (non-hydrogen) atoms. The van der Waals surface area contributed by atoms with Crippen LogP contribution in [0, 0.1) is 0 Å². The number of carbonyl (C=O) groups excluding carboxylic acids is 2. The summed E-state index contributed by atoms with van der Waals surface area (Å²) in [5, 5.41) is 9.61. The summed E-state index contributed by atoms with van der Waals surface area (Å²) >= 11 is 0. The number of rotatable bonds is 35. The van der Waals surface area contributed by atoms with E-state index in [9.17, 15) is 19.5 Å². The molecule has 0 amide bonds. The smallest absolute Gasteiger partial charge is 0.362 e. The van der Waals surface area contributed by atoms with Crippen molar-refractivity contribution in [3.8, 4) is 0 Å². The van der Waals surface area contributed by atoms with Crippen LogP contribution in [0.2, 0.25) is 0 Å². The molecule has 314 valence electrons. The zero-order valence-electron chi connectivity index (χ0n) is 35.5. The van der Waals surface area contributed by atoms with Crippen molar-refractivity contribution < 1.29 is 38.2 Å². The van der Waals surface area contributed by atoms with Gasteiger partial charge in [0, 0.05) is 19.3 Å². The van der Waals surface area contributed by atoms with E-state index in [1.54, 1.807) is 0 Å². The first-order valence-corrected chi connectivity index (χ1v) is 21.0. The predicted molar refractivity (Wildman–Crippen MR) is 233 cm³/mol. The van der Waals surface area contributed by atoms with Crippen molar-refractivity contribution in [3.63, 3.8) is 0 Å². The minimum Gasteiger partial charge on any atom is -0.477 e. The van der Waals surface area contributed by atoms with Crippen LogP contribution in [0.5, 0.6) is 0 Å². The molecule has 0 spiro atoms. The van der Waals surface area contributed by atoms with Crippen LogP contribution >= 0.6 is 0 Å². The van der Waals surface area contributed by atoms with Gasteiger partial charge in [-0.2, -0.15) is 0 Å². The molecule has 0 bridgehead atoms. The van der Waals surface area contributed by atoms with E-state index in [1.165, 1.54) is 0 Å². The number of allylic oxidation sites excluding steroid dienone is 18. The lowest BCUT2D eigenvalue weighted by atomic mass is 10.1. The standard InChI is InChI=1S/C48H75NO7/c1-6-8-10-12-14-16-18-20-21-22-23-24-25-27-29-31-33-35-37-39-47(51)56-44(42-54-41-40-45(48(52)53)49(3,4)5)43-55-46(50)38-36-34-32-30-28-26-19-17-15-13-11-9-7-2/h8-11,13-17,19-21,23-24,27,29,33,35,44-45H,6-7,12,18,22,25-26,28,30-32,34,36-43H2,1-5H3/p+1/b10-8+,11-9+,15-13+,16-14+,19-17+,21-20+,24-23+,29-27+,35-33+. The van der Waals surface area contributed by atoms with E-state index < -0.39 is 24.1 Å². The van der Waals surface area contributed by atoms with Gasteiger partial charge in [0.1, 0.15) is 6.61 Å². The zero-order chi connectivity index (χ0) is 41.4. The zero-order valence-corrected chi connectivity index (χ0v) is 35.5. The summed E-state index contributed by atoms with van der Waals surface area (Å²) in [6.45, 7) is 4.35. The van der Waals surface area contributed by atoms with Crippen LogP contribution in [0.25, 0.3) is 0 Å². The quantitative estimate of drug-likeness (QED) is 0.0225. The number of hydrogen-bond acceptors (Lipinski definition) is 6. The first-order chi connectivity index (χ1) is 27.1. The predicted octanol–water partition coefficient (Wildman–Crippen LogP) is 11.3. The molecule has 0 heterocycles. The van der Waals surface area contributed by atoms with Crippen molar-refractivity contribution in [2.24, 2.45) is 0 Å². The molecule has 0 aliphatic heterocycles. The molecular weight excluding hydrogens is 703 g/mol. The molecule has 0 radical (unpaired) electrons. The van der Waals surface area contributed by atoms with Gasteiger partial charge >= 0.3 is 17.9 Å². The van der Waals surface area contributed by atoms with Gasteiger partial charge in [0.2, 0.25) is 0 Å². The van der Waals surface area contributed by atoms with Crippen molar-refractivity contribution in [1.29, 1.82) is 0 Å². The Bertz CT molecular complexity index is 1280. The van der Waals surface area contributed by atoms with Gasteiger partial charge in [0.25, 0.3) is 0 Å². The maximum Gasteiger partial charge on any atom is 0.362 e. The second-order valence-corrected chi connectivity index (χ2v) is 14.5. The van der Waals surface area contributed by atoms with Gasteiger partial charge in [0.15, 0.2) is 12.1 Å². The van der Waals surface area contributed by atoms with E-state index in [-0.39, 0.29) is 36.7 Å². The topological polar surface area (TPSA) is 99.1 Å². The summed E-state index contributed by atoms with van der Waals surface area (Å²) in [7, 11) is 5.47. The van der Waals surface area contributed by atoms with Gasteiger partial charge in [0.05, 0.1) is 34.4 Å². The van der Waals surface area contributed by atoms with Crippen LogP contribution in [0.3, 0.4) is 0 Å². The molecule has 0 aliphatic carbocycles. The highest BCUT2D eigenvalue weighted by Gasteiger charge is 2.31. The molecule has 0 fully saturated rings. The number of quaternary nitrogens is 1. The van der Waals surface area contributed by atoms with Gasteiger partial charge in [-0.25, -0.2) is 4.79 Å². The average molecular weight is 779 g/mol. The van der Waals surface area contributed by atoms with Crippen molar-refractivity contribution >= 4 is 17.9 Å². The van der Waals surface area contributed by atoms with Crippen LogP contribution in [0.15, 0.2) is 109 Å². The Balaban J connectivity index is 4.56. The summed E-state index contributed by atoms with van der Waals surface area (Å²) in [5.74, 6) is -1.62.